The number of rotatable bonds is 3. The van der Waals surface area contributed by atoms with Crippen molar-refractivity contribution >= 4 is 11.8 Å². The first-order chi connectivity index (χ1) is 11.6. The molecule has 0 aromatic carbocycles. The first-order valence-corrected chi connectivity index (χ1v) is 7.80. The van der Waals surface area contributed by atoms with Gasteiger partial charge in [-0.05, 0) is 25.1 Å². The van der Waals surface area contributed by atoms with Crippen LogP contribution in [0.15, 0.2) is 39.7 Å². The van der Waals surface area contributed by atoms with Crippen LogP contribution in [0.5, 0.6) is 0 Å². The van der Waals surface area contributed by atoms with Crippen molar-refractivity contribution < 1.29 is 14.0 Å². The van der Waals surface area contributed by atoms with E-state index < -0.39 is 0 Å². The highest BCUT2D eigenvalue weighted by atomic mass is 16.3. The molecule has 0 aliphatic carbocycles. The largest absolute Gasteiger partial charge is 0.459 e. The molecule has 8 heteroatoms. The first-order valence-electron chi connectivity index (χ1n) is 7.80. The molecule has 0 radical (unpaired) electrons. The monoisotopic (exact) mass is 330 g/mol. The van der Waals surface area contributed by atoms with E-state index in [1.807, 2.05) is 0 Å². The SMILES string of the molecule is CCn1nc(C(=O)N2CCN(C(=O)c3ccco3)CC2)ccc1=O. The van der Waals surface area contributed by atoms with Crippen molar-refractivity contribution in [2.75, 3.05) is 26.2 Å². The van der Waals surface area contributed by atoms with Crippen molar-refractivity contribution in [3.63, 3.8) is 0 Å². The molecule has 1 aliphatic rings. The average molecular weight is 330 g/mol. The molecule has 0 N–H and O–H groups in total. The lowest BCUT2D eigenvalue weighted by atomic mass is 10.2. The van der Waals surface area contributed by atoms with Gasteiger partial charge in [0, 0.05) is 38.8 Å². The summed E-state index contributed by atoms with van der Waals surface area (Å²) in [6.45, 7) is 3.89. The number of aromatic nitrogens is 2. The molecule has 0 saturated carbocycles. The number of nitrogens with zero attached hydrogens (tertiary/aromatic N) is 4. The minimum Gasteiger partial charge on any atom is -0.459 e. The fourth-order valence-electron chi connectivity index (χ4n) is 2.62. The van der Waals surface area contributed by atoms with Gasteiger partial charge >= 0.3 is 0 Å². The molecule has 0 spiro atoms. The second-order valence-corrected chi connectivity index (χ2v) is 5.43. The zero-order valence-electron chi connectivity index (χ0n) is 13.3. The maximum Gasteiger partial charge on any atom is 0.289 e. The predicted octanol–water partition coefficient (Wildman–Crippen LogP) is 0.454. The van der Waals surface area contributed by atoms with Crippen LogP contribution in [0.4, 0.5) is 0 Å². The van der Waals surface area contributed by atoms with Crippen molar-refractivity contribution in [3.05, 3.63) is 52.3 Å². The van der Waals surface area contributed by atoms with Crippen LogP contribution in [0.1, 0.15) is 28.0 Å². The number of amides is 2. The van der Waals surface area contributed by atoms with Gasteiger partial charge in [0.05, 0.1) is 6.26 Å². The highest BCUT2D eigenvalue weighted by molar-refractivity contribution is 5.93. The summed E-state index contributed by atoms with van der Waals surface area (Å²) in [5, 5.41) is 4.08. The standard InChI is InChI=1S/C16H18N4O4/c1-2-20-14(21)6-5-12(17-20)15(22)18-7-9-19(10-8-18)16(23)13-4-3-11-24-13/h3-6,11H,2,7-10H2,1H3. The fourth-order valence-corrected chi connectivity index (χ4v) is 2.62. The Morgan fingerprint density at radius 3 is 2.33 bits per heavy atom. The molecule has 0 bridgehead atoms. The third-order valence-corrected chi connectivity index (χ3v) is 3.97. The van der Waals surface area contributed by atoms with Gasteiger partial charge in [-0.1, -0.05) is 0 Å². The number of aryl methyl sites for hydroxylation is 1. The van der Waals surface area contributed by atoms with Crippen molar-refractivity contribution in [2.24, 2.45) is 0 Å². The van der Waals surface area contributed by atoms with Gasteiger partial charge in [-0.2, -0.15) is 5.10 Å². The summed E-state index contributed by atoms with van der Waals surface area (Å²) in [6.07, 6.45) is 1.46. The average Bonchev–Trinajstić information content (AvgIpc) is 3.16. The molecule has 0 atom stereocenters. The summed E-state index contributed by atoms with van der Waals surface area (Å²) in [4.78, 5) is 39.6. The third kappa shape index (κ3) is 3.08. The quantitative estimate of drug-likeness (QED) is 0.815. The molecule has 1 saturated heterocycles. The van der Waals surface area contributed by atoms with E-state index in [4.69, 9.17) is 4.42 Å². The van der Waals surface area contributed by atoms with E-state index in [1.54, 1.807) is 28.9 Å². The zero-order valence-corrected chi connectivity index (χ0v) is 13.3. The number of hydrogen-bond donors (Lipinski definition) is 0. The van der Waals surface area contributed by atoms with E-state index in [-0.39, 0.29) is 23.1 Å². The summed E-state index contributed by atoms with van der Waals surface area (Å²) in [7, 11) is 0. The number of piperazine rings is 1. The Kier molecular flexibility index (Phi) is 4.45. The van der Waals surface area contributed by atoms with Gasteiger partial charge in [0.2, 0.25) is 0 Å². The maximum atomic E-state index is 12.5. The van der Waals surface area contributed by atoms with E-state index in [9.17, 15) is 14.4 Å². The van der Waals surface area contributed by atoms with Crippen molar-refractivity contribution in [1.82, 2.24) is 19.6 Å². The van der Waals surface area contributed by atoms with Crippen LogP contribution < -0.4 is 5.56 Å². The number of hydrogen-bond acceptors (Lipinski definition) is 5. The molecule has 8 nitrogen and oxygen atoms in total. The fraction of sp³-hybridized carbons (Fsp3) is 0.375. The topological polar surface area (TPSA) is 88.7 Å². The van der Waals surface area contributed by atoms with Crippen LogP contribution >= 0.6 is 0 Å². The van der Waals surface area contributed by atoms with Gasteiger partial charge < -0.3 is 14.2 Å². The Hall–Kier alpha value is -2.90. The van der Waals surface area contributed by atoms with Gasteiger partial charge in [0.15, 0.2) is 5.76 Å². The second kappa shape index (κ2) is 6.69. The first kappa shape index (κ1) is 16.0. The molecule has 24 heavy (non-hydrogen) atoms. The zero-order chi connectivity index (χ0) is 17.1. The van der Waals surface area contributed by atoms with E-state index in [0.29, 0.717) is 38.5 Å². The lowest BCUT2D eigenvalue weighted by Crippen LogP contribution is -2.50. The molecule has 3 rings (SSSR count). The number of carbonyl (C=O) groups excluding carboxylic acids is 2. The van der Waals surface area contributed by atoms with E-state index in [2.05, 4.69) is 5.10 Å². The Labute approximate surface area is 138 Å². The Bertz CT molecular complexity index is 789. The molecule has 2 aromatic heterocycles. The molecule has 0 unspecified atom stereocenters. The smallest absolute Gasteiger partial charge is 0.289 e. The van der Waals surface area contributed by atoms with Crippen LogP contribution in [0, 0.1) is 0 Å². The summed E-state index contributed by atoms with van der Waals surface area (Å²) in [5.74, 6) is -0.112. The molecule has 2 amide bonds. The summed E-state index contributed by atoms with van der Waals surface area (Å²) < 4.78 is 6.37. The molecule has 126 valence electrons. The number of furan rings is 1. The van der Waals surface area contributed by atoms with Crippen LogP contribution in [-0.4, -0.2) is 57.6 Å². The Morgan fingerprint density at radius 1 is 1.08 bits per heavy atom. The molecule has 3 heterocycles. The maximum absolute atomic E-state index is 12.5. The van der Waals surface area contributed by atoms with Crippen LogP contribution in [0.2, 0.25) is 0 Å². The van der Waals surface area contributed by atoms with Crippen LogP contribution in [-0.2, 0) is 6.54 Å². The second-order valence-electron chi connectivity index (χ2n) is 5.43. The summed E-state index contributed by atoms with van der Waals surface area (Å²) in [5.41, 5.74) is 0.00479. The number of carbonyl (C=O) groups is 2. The predicted molar refractivity (Wildman–Crippen MR) is 84.7 cm³/mol. The van der Waals surface area contributed by atoms with Crippen LogP contribution in [0.25, 0.3) is 0 Å². The highest BCUT2D eigenvalue weighted by Crippen LogP contribution is 2.11. The Balaban J connectivity index is 1.65. The molecule has 1 fully saturated rings. The lowest BCUT2D eigenvalue weighted by Gasteiger charge is -2.34. The van der Waals surface area contributed by atoms with Gasteiger partial charge in [-0.25, -0.2) is 4.68 Å². The van der Waals surface area contributed by atoms with E-state index in [0.717, 1.165) is 0 Å². The van der Waals surface area contributed by atoms with Gasteiger partial charge in [-0.3, -0.25) is 14.4 Å². The summed E-state index contributed by atoms with van der Waals surface area (Å²) >= 11 is 0. The highest BCUT2D eigenvalue weighted by Gasteiger charge is 2.27. The Morgan fingerprint density at radius 2 is 1.75 bits per heavy atom. The van der Waals surface area contributed by atoms with Gasteiger partial charge in [0.25, 0.3) is 17.4 Å². The van der Waals surface area contributed by atoms with Gasteiger partial charge in [0.1, 0.15) is 5.69 Å². The molecular formula is C16H18N4O4. The normalized spacial score (nSPS) is 14.7. The van der Waals surface area contributed by atoms with Crippen molar-refractivity contribution in [2.45, 2.75) is 13.5 Å². The molecule has 1 aliphatic heterocycles. The minimum atomic E-state index is -0.234. The van der Waals surface area contributed by atoms with Gasteiger partial charge in [-0.15, -0.1) is 0 Å². The summed E-state index contributed by atoms with van der Waals surface area (Å²) in [6, 6.07) is 6.08. The molecular weight excluding hydrogens is 312 g/mol. The van der Waals surface area contributed by atoms with E-state index >= 15 is 0 Å². The molecule has 2 aromatic rings. The van der Waals surface area contributed by atoms with Crippen molar-refractivity contribution in [1.29, 1.82) is 0 Å². The van der Waals surface area contributed by atoms with E-state index in [1.165, 1.54) is 23.1 Å². The lowest BCUT2D eigenvalue weighted by molar-refractivity contribution is 0.0514. The van der Waals surface area contributed by atoms with Crippen LogP contribution in [0.3, 0.4) is 0 Å². The van der Waals surface area contributed by atoms with Crippen molar-refractivity contribution in [3.8, 4) is 0 Å². The third-order valence-electron chi connectivity index (χ3n) is 3.97. The minimum absolute atomic E-state index is 0.176.